The summed E-state index contributed by atoms with van der Waals surface area (Å²) in [5.74, 6) is 0. The molecule has 13 rings (SSSR count). The molecule has 0 amide bonds. The molecular weight excluding hydrogens is 765 g/mol. The van der Waals surface area contributed by atoms with Crippen molar-refractivity contribution in [2.45, 2.75) is 38.5 Å². The molecule has 0 saturated carbocycles. The van der Waals surface area contributed by atoms with Crippen LogP contribution in [0, 0.1) is 0 Å². The standard InChI is InChI=1S/C60H44N2O/c1-59(2)47-24-11-8-19-41(47)45-36-39(32-33-49(45)59)61(52-28-15-26-50-56(52)44-21-9-12-25-48(44)60(50,3)4)53-29-16-30-55-57(53)46-35-37(31-34-54(46)63-55)40-22-14-23-43-42-20-10-13-27-51(42)62(58(40)43)38-17-6-5-7-18-38/h5-36H,1-4H3. The van der Waals surface area contributed by atoms with Crippen LogP contribution in [0.15, 0.2) is 199 Å². The van der Waals surface area contributed by atoms with Crippen molar-refractivity contribution in [2.75, 3.05) is 4.90 Å². The number of fused-ring (bicyclic) bond motifs is 12. The van der Waals surface area contributed by atoms with Crippen molar-refractivity contribution in [1.82, 2.24) is 4.57 Å². The maximum atomic E-state index is 6.83. The van der Waals surface area contributed by atoms with Gasteiger partial charge < -0.3 is 13.9 Å². The van der Waals surface area contributed by atoms with Crippen molar-refractivity contribution >= 4 is 60.8 Å². The van der Waals surface area contributed by atoms with Crippen LogP contribution < -0.4 is 4.90 Å². The number of nitrogens with zero attached hydrogens (tertiary/aromatic N) is 2. The Morgan fingerprint density at radius 3 is 1.92 bits per heavy atom. The summed E-state index contributed by atoms with van der Waals surface area (Å²) >= 11 is 0. The van der Waals surface area contributed by atoms with Crippen LogP contribution in [-0.2, 0) is 10.8 Å². The van der Waals surface area contributed by atoms with E-state index in [0.29, 0.717) is 0 Å². The Morgan fingerprint density at radius 1 is 0.429 bits per heavy atom. The van der Waals surface area contributed by atoms with Crippen LogP contribution in [0.2, 0.25) is 0 Å². The first-order valence-electron chi connectivity index (χ1n) is 22.1. The average Bonchev–Trinajstić information content (AvgIpc) is 4.01. The Labute approximate surface area is 367 Å². The third-order valence-electron chi connectivity index (χ3n) is 14.4. The van der Waals surface area contributed by atoms with Gasteiger partial charge in [0.25, 0.3) is 0 Å². The van der Waals surface area contributed by atoms with Gasteiger partial charge >= 0.3 is 0 Å². The molecule has 300 valence electrons. The number of hydrogen-bond acceptors (Lipinski definition) is 2. The number of hydrogen-bond donors (Lipinski definition) is 0. The molecule has 2 aliphatic carbocycles. The quantitative estimate of drug-likeness (QED) is 0.173. The molecule has 2 aliphatic rings. The van der Waals surface area contributed by atoms with Gasteiger partial charge in [0.1, 0.15) is 11.2 Å². The first-order valence-corrected chi connectivity index (χ1v) is 22.1. The molecule has 0 N–H and O–H groups in total. The van der Waals surface area contributed by atoms with Gasteiger partial charge in [0.05, 0.1) is 27.8 Å². The third kappa shape index (κ3) is 4.96. The first-order chi connectivity index (χ1) is 30.8. The molecule has 0 bridgehead atoms. The highest BCUT2D eigenvalue weighted by atomic mass is 16.3. The van der Waals surface area contributed by atoms with Crippen LogP contribution in [-0.4, -0.2) is 4.57 Å². The van der Waals surface area contributed by atoms with E-state index in [1.54, 1.807) is 0 Å². The summed E-state index contributed by atoms with van der Waals surface area (Å²) in [7, 11) is 0. The van der Waals surface area contributed by atoms with E-state index < -0.39 is 0 Å². The summed E-state index contributed by atoms with van der Waals surface area (Å²) < 4.78 is 9.26. The molecule has 11 aromatic rings. The van der Waals surface area contributed by atoms with Crippen molar-refractivity contribution in [3.05, 3.63) is 216 Å². The molecular formula is C60H44N2O. The second-order valence-corrected chi connectivity index (χ2v) is 18.5. The van der Waals surface area contributed by atoms with Gasteiger partial charge in [-0.2, -0.15) is 0 Å². The van der Waals surface area contributed by atoms with Crippen molar-refractivity contribution in [3.63, 3.8) is 0 Å². The fraction of sp³-hybridized carbons (Fsp3) is 0.100. The average molecular weight is 809 g/mol. The normalized spacial score (nSPS) is 14.3. The van der Waals surface area contributed by atoms with Gasteiger partial charge in [0.2, 0.25) is 0 Å². The molecule has 63 heavy (non-hydrogen) atoms. The molecule has 0 radical (unpaired) electrons. The minimum absolute atomic E-state index is 0.0987. The van der Waals surface area contributed by atoms with Gasteiger partial charge in [-0.3, -0.25) is 0 Å². The summed E-state index contributed by atoms with van der Waals surface area (Å²) in [6.07, 6.45) is 0. The largest absolute Gasteiger partial charge is 0.456 e. The number of furan rings is 1. The van der Waals surface area contributed by atoms with Gasteiger partial charge in [-0.25, -0.2) is 0 Å². The minimum Gasteiger partial charge on any atom is -0.456 e. The Balaban J connectivity index is 1.09. The summed E-state index contributed by atoms with van der Waals surface area (Å²) in [5.41, 5.74) is 21.3. The van der Waals surface area contributed by atoms with E-state index in [2.05, 4.69) is 231 Å². The lowest BCUT2D eigenvalue weighted by atomic mass is 9.82. The third-order valence-corrected chi connectivity index (χ3v) is 14.4. The predicted octanol–water partition coefficient (Wildman–Crippen LogP) is 16.4. The van der Waals surface area contributed by atoms with Gasteiger partial charge in [0, 0.05) is 49.5 Å². The number of para-hydroxylation sites is 3. The zero-order chi connectivity index (χ0) is 42.2. The van der Waals surface area contributed by atoms with Gasteiger partial charge in [-0.05, 0) is 105 Å². The molecule has 0 atom stereocenters. The first kappa shape index (κ1) is 36.1. The van der Waals surface area contributed by atoms with Crippen LogP contribution in [0.4, 0.5) is 17.1 Å². The summed E-state index contributed by atoms with van der Waals surface area (Å²) in [4.78, 5) is 2.52. The molecule has 0 unspecified atom stereocenters. The lowest BCUT2D eigenvalue weighted by Gasteiger charge is -2.30. The molecule has 9 aromatic carbocycles. The highest BCUT2D eigenvalue weighted by molar-refractivity contribution is 6.17. The van der Waals surface area contributed by atoms with Crippen LogP contribution in [0.1, 0.15) is 49.9 Å². The topological polar surface area (TPSA) is 21.3 Å². The van der Waals surface area contributed by atoms with Crippen molar-refractivity contribution in [2.24, 2.45) is 0 Å². The number of rotatable bonds is 5. The molecule has 0 saturated heterocycles. The van der Waals surface area contributed by atoms with Crippen LogP contribution in [0.3, 0.4) is 0 Å². The van der Waals surface area contributed by atoms with Crippen LogP contribution in [0.5, 0.6) is 0 Å². The van der Waals surface area contributed by atoms with Gasteiger partial charge in [-0.15, -0.1) is 0 Å². The van der Waals surface area contributed by atoms with Crippen molar-refractivity contribution in [1.29, 1.82) is 0 Å². The lowest BCUT2D eigenvalue weighted by molar-refractivity contribution is 0.660. The highest BCUT2D eigenvalue weighted by Crippen LogP contribution is 2.57. The van der Waals surface area contributed by atoms with Gasteiger partial charge in [-0.1, -0.05) is 161 Å². The monoisotopic (exact) mass is 808 g/mol. The Hall–Kier alpha value is -7.62. The molecule has 3 nitrogen and oxygen atoms in total. The molecule has 0 fully saturated rings. The maximum absolute atomic E-state index is 6.83. The lowest BCUT2D eigenvalue weighted by Crippen LogP contribution is -2.16. The van der Waals surface area contributed by atoms with Crippen LogP contribution in [0.25, 0.3) is 82.8 Å². The van der Waals surface area contributed by atoms with E-state index >= 15 is 0 Å². The molecule has 2 heterocycles. The van der Waals surface area contributed by atoms with Crippen LogP contribution >= 0.6 is 0 Å². The van der Waals surface area contributed by atoms with Crippen molar-refractivity contribution in [3.8, 4) is 39.1 Å². The van der Waals surface area contributed by atoms with E-state index in [-0.39, 0.29) is 10.8 Å². The van der Waals surface area contributed by atoms with E-state index in [0.717, 1.165) is 50.3 Å². The smallest absolute Gasteiger partial charge is 0.137 e. The summed E-state index contributed by atoms with van der Waals surface area (Å²) in [6.45, 7) is 9.44. The molecule has 0 spiro atoms. The minimum atomic E-state index is -0.152. The molecule has 0 aliphatic heterocycles. The number of benzene rings is 9. The summed E-state index contributed by atoms with van der Waals surface area (Å²) in [6, 6.07) is 71.5. The number of aromatic nitrogens is 1. The predicted molar refractivity (Wildman–Crippen MR) is 263 cm³/mol. The van der Waals surface area contributed by atoms with E-state index in [1.807, 2.05) is 0 Å². The highest BCUT2D eigenvalue weighted by Gasteiger charge is 2.39. The maximum Gasteiger partial charge on any atom is 0.137 e. The molecule has 2 aromatic heterocycles. The van der Waals surface area contributed by atoms with Gasteiger partial charge in [0.15, 0.2) is 0 Å². The number of anilines is 3. The fourth-order valence-electron chi connectivity index (χ4n) is 11.4. The summed E-state index contributed by atoms with van der Waals surface area (Å²) in [5, 5.41) is 4.66. The fourth-order valence-corrected chi connectivity index (χ4v) is 11.4. The van der Waals surface area contributed by atoms with E-state index in [4.69, 9.17) is 4.42 Å². The Morgan fingerprint density at radius 2 is 1.06 bits per heavy atom. The SMILES string of the molecule is CC1(C)c2ccccc2-c2cc(N(c3cccc4c3-c3ccccc3C4(C)C)c3cccc4oc5ccc(-c6cccc7c8ccccc8n(-c8ccccc8)c67)cc5c34)ccc21. The van der Waals surface area contributed by atoms with E-state index in [9.17, 15) is 0 Å². The second kappa shape index (κ2) is 13.0. The Kier molecular flexibility index (Phi) is 7.42. The second-order valence-electron chi connectivity index (χ2n) is 18.5. The zero-order valence-electron chi connectivity index (χ0n) is 35.8. The molecule has 3 heteroatoms. The zero-order valence-corrected chi connectivity index (χ0v) is 35.8. The van der Waals surface area contributed by atoms with E-state index in [1.165, 1.54) is 71.9 Å². The Bertz CT molecular complexity index is 3690. The van der Waals surface area contributed by atoms with Crippen molar-refractivity contribution < 1.29 is 4.42 Å².